The Labute approximate surface area is 325 Å². The van der Waals surface area contributed by atoms with Crippen LogP contribution in [0.1, 0.15) is 0 Å². The smallest absolute Gasteiger partial charge is 0.164 e. The zero-order valence-electron chi connectivity index (χ0n) is 30.4. The molecule has 0 aliphatic heterocycles. The van der Waals surface area contributed by atoms with E-state index in [2.05, 4.69) is 108 Å². The first kappa shape index (κ1) is 31.5. The van der Waals surface area contributed by atoms with Gasteiger partial charge < -0.3 is 13.4 Å². The summed E-state index contributed by atoms with van der Waals surface area (Å²) in [5.74, 6) is 1.71. The molecule has 0 saturated heterocycles. The first-order valence-electron chi connectivity index (χ1n) is 19.0. The van der Waals surface area contributed by atoms with Crippen LogP contribution in [-0.2, 0) is 0 Å². The SMILES string of the molecule is c1ccc(-c2nc(-c3cccc4oc5ccccc5c34)nc(-c3cccc4oc5c(-c6ccccc6)cc(-n6c7ccccc7c7ccccc76)cc5c34)n2)cc1. The van der Waals surface area contributed by atoms with Gasteiger partial charge in [-0.25, -0.2) is 15.0 Å². The molecule has 266 valence electrons. The van der Waals surface area contributed by atoms with E-state index in [1.165, 1.54) is 10.8 Å². The van der Waals surface area contributed by atoms with Crippen LogP contribution < -0.4 is 0 Å². The van der Waals surface area contributed by atoms with Crippen LogP contribution in [0.25, 0.3) is 117 Å². The number of rotatable bonds is 5. The zero-order valence-corrected chi connectivity index (χ0v) is 30.4. The second-order valence-electron chi connectivity index (χ2n) is 14.3. The molecule has 6 heteroatoms. The number of fused-ring (bicyclic) bond motifs is 9. The number of aromatic nitrogens is 4. The van der Waals surface area contributed by atoms with E-state index in [0.717, 1.165) is 88.4 Å². The molecule has 4 heterocycles. The molecule has 0 bridgehead atoms. The average Bonchev–Trinajstić information content (AvgIpc) is 3.96. The van der Waals surface area contributed by atoms with Crippen LogP contribution in [0.2, 0.25) is 0 Å². The Balaban J connectivity index is 1.17. The molecule has 0 saturated carbocycles. The lowest BCUT2D eigenvalue weighted by Crippen LogP contribution is -2.00. The van der Waals surface area contributed by atoms with E-state index >= 15 is 0 Å². The van der Waals surface area contributed by atoms with Gasteiger partial charge >= 0.3 is 0 Å². The molecule has 0 N–H and O–H groups in total. The Hall–Kier alpha value is -7.83. The van der Waals surface area contributed by atoms with Crippen molar-refractivity contribution in [3.63, 3.8) is 0 Å². The van der Waals surface area contributed by atoms with Gasteiger partial charge in [0, 0.05) is 60.3 Å². The fourth-order valence-electron chi connectivity index (χ4n) is 8.56. The van der Waals surface area contributed by atoms with Crippen LogP contribution in [-0.4, -0.2) is 19.5 Å². The lowest BCUT2D eigenvalue weighted by atomic mass is 9.99. The van der Waals surface area contributed by atoms with Gasteiger partial charge in [-0.2, -0.15) is 0 Å². The molecule has 0 radical (unpaired) electrons. The average molecular weight is 731 g/mol. The van der Waals surface area contributed by atoms with E-state index < -0.39 is 0 Å². The van der Waals surface area contributed by atoms with Crippen molar-refractivity contribution in [1.82, 2.24) is 19.5 Å². The Morgan fingerprint density at radius 2 is 0.860 bits per heavy atom. The first-order chi connectivity index (χ1) is 28.3. The number of para-hydroxylation sites is 3. The van der Waals surface area contributed by atoms with Gasteiger partial charge in [0.05, 0.1) is 11.0 Å². The van der Waals surface area contributed by atoms with Crippen molar-refractivity contribution >= 4 is 65.7 Å². The Morgan fingerprint density at radius 1 is 0.351 bits per heavy atom. The van der Waals surface area contributed by atoms with Crippen molar-refractivity contribution in [2.45, 2.75) is 0 Å². The Morgan fingerprint density at radius 3 is 1.53 bits per heavy atom. The molecule has 8 aromatic carbocycles. The number of nitrogens with zero attached hydrogens (tertiary/aromatic N) is 4. The molecule has 4 aromatic heterocycles. The first-order valence-corrected chi connectivity index (χ1v) is 19.0. The van der Waals surface area contributed by atoms with Crippen LogP contribution in [0.4, 0.5) is 0 Å². The molecular weight excluding hydrogens is 701 g/mol. The molecule has 0 aliphatic carbocycles. The summed E-state index contributed by atoms with van der Waals surface area (Å²) in [6.45, 7) is 0. The van der Waals surface area contributed by atoms with Crippen molar-refractivity contribution in [3.05, 3.63) is 182 Å². The fraction of sp³-hybridized carbons (Fsp3) is 0. The highest BCUT2D eigenvalue weighted by molar-refractivity contribution is 6.17. The summed E-state index contributed by atoms with van der Waals surface area (Å²) in [5.41, 5.74) is 11.2. The van der Waals surface area contributed by atoms with Gasteiger partial charge in [0.2, 0.25) is 0 Å². The Kier molecular flexibility index (Phi) is 6.83. The lowest BCUT2D eigenvalue weighted by molar-refractivity contribution is 0.669. The molecule has 0 unspecified atom stereocenters. The molecule has 12 aromatic rings. The predicted molar refractivity (Wildman–Crippen MR) is 230 cm³/mol. The largest absolute Gasteiger partial charge is 0.456 e. The minimum Gasteiger partial charge on any atom is -0.456 e. The summed E-state index contributed by atoms with van der Waals surface area (Å²) in [4.78, 5) is 15.6. The van der Waals surface area contributed by atoms with Crippen LogP contribution in [0.5, 0.6) is 0 Å². The van der Waals surface area contributed by atoms with E-state index in [1.54, 1.807) is 0 Å². The van der Waals surface area contributed by atoms with Gasteiger partial charge in [-0.15, -0.1) is 0 Å². The third-order valence-electron chi connectivity index (χ3n) is 11.1. The standard InChI is InChI=1S/C51H30N4O2/c1-3-15-31(16-4-1)39-29-33(55-41-24-10-7-19-34(41)35-20-8-11-25-42(35)55)30-40-47-38(23-14-28-45(47)57-48(39)40)51-53-49(32-17-5-2-6-18-32)52-50(54-51)37-22-13-27-44-46(37)36-21-9-12-26-43(36)56-44/h1-30H. The highest BCUT2D eigenvalue weighted by Gasteiger charge is 2.23. The van der Waals surface area contributed by atoms with Crippen molar-refractivity contribution < 1.29 is 8.83 Å². The monoisotopic (exact) mass is 730 g/mol. The van der Waals surface area contributed by atoms with Crippen molar-refractivity contribution in [2.24, 2.45) is 0 Å². The van der Waals surface area contributed by atoms with Crippen molar-refractivity contribution in [1.29, 1.82) is 0 Å². The number of furan rings is 2. The summed E-state index contributed by atoms with van der Waals surface area (Å²) in [6.07, 6.45) is 0. The van der Waals surface area contributed by atoms with Gasteiger partial charge in [0.25, 0.3) is 0 Å². The minimum atomic E-state index is 0.556. The van der Waals surface area contributed by atoms with E-state index in [4.69, 9.17) is 23.8 Å². The van der Waals surface area contributed by atoms with E-state index in [1.807, 2.05) is 78.9 Å². The van der Waals surface area contributed by atoms with E-state index in [0.29, 0.717) is 17.5 Å². The minimum absolute atomic E-state index is 0.556. The van der Waals surface area contributed by atoms with Gasteiger partial charge in [-0.05, 0) is 48.0 Å². The number of benzene rings is 8. The third kappa shape index (κ3) is 4.87. The highest BCUT2D eigenvalue weighted by atomic mass is 16.3. The fourth-order valence-corrected chi connectivity index (χ4v) is 8.56. The Bertz CT molecular complexity index is 3470. The van der Waals surface area contributed by atoms with E-state index in [9.17, 15) is 0 Å². The summed E-state index contributed by atoms with van der Waals surface area (Å²) in [7, 11) is 0. The topological polar surface area (TPSA) is 69.9 Å². The molecule has 0 aliphatic rings. The second-order valence-corrected chi connectivity index (χ2v) is 14.3. The van der Waals surface area contributed by atoms with Crippen LogP contribution >= 0.6 is 0 Å². The third-order valence-corrected chi connectivity index (χ3v) is 11.1. The predicted octanol–water partition coefficient (Wildman–Crippen LogP) is 13.4. The highest BCUT2D eigenvalue weighted by Crippen LogP contribution is 2.44. The van der Waals surface area contributed by atoms with Gasteiger partial charge in [0.1, 0.15) is 22.3 Å². The van der Waals surface area contributed by atoms with E-state index in [-0.39, 0.29) is 0 Å². The lowest BCUT2D eigenvalue weighted by Gasteiger charge is -2.12. The van der Waals surface area contributed by atoms with Crippen LogP contribution in [0.3, 0.4) is 0 Å². The molecule has 0 amide bonds. The summed E-state index contributed by atoms with van der Waals surface area (Å²) in [5, 5.41) is 6.32. The van der Waals surface area contributed by atoms with Crippen LogP contribution in [0.15, 0.2) is 191 Å². The maximum absolute atomic E-state index is 6.88. The second kappa shape index (κ2) is 12.3. The number of hydrogen-bond acceptors (Lipinski definition) is 5. The van der Waals surface area contributed by atoms with Crippen LogP contribution in [0, 0.1) is 0 Å². The molecule has 0 atom stereocenters. The summed E-state index contributed by atoms with van der Waals surface area (Å²) >= 11 is 0. The molecular formula is C51H30N4O2. The number of hydrogen-bond donors (Lipinski definition) is 0. The maximum Gasteiger partial charge on any atom is 0.164 e. The molecule has 12 rings (SSSR count). The van der Waals surface area contributed by atoms with Gasteiger partial charge in [0.15, 0.2) is 17.5 Å². The van der Waals surface area contributed by atoms with Crippen molar-refractivity contribution in [2.75, 3.05) is 0 Å². The molecule has 0 spiro atoms. The van der Waals surface area contributed by atoms with Gasteiger partial charge in [-0.3, -0.25) is 0 Å². The summed E-state index contributed by atoms with van der Waals surface area (Å²) < 4.78 is 15.5. The van der Waals surface area contributed by atoms with Gasteiger partial charge in [-0.1, -0.05) is 140 Å². The molecule has 57 heavy (non-hydrogen) atoms. The maximum atomic E-state index is 6.88. The quantitative estimate of drug-likeness (QED) is 0.176. The normalized spacial score (nSPS) is 11.9. The molecule has 6 nitrogen and oxygen atoms in total. The zero-order chi connectivity index (χ0) is 37.5. The summed E-state index contributed by atoms with van der Waals surface area (Å²) in [6, 6.07) is 62.6. The van der Waals surface area contributed by atoms with Crippen molar-refractivity contribution in [3.8, 4) is 51.0 Å². The molecule has 0 fully saturated rings.